The smallest absolute Gasteiger partial charge is 0.316 e. The molecule has 0 aromatic carbocycles. The molecule has 0 spiro atoms. The van der Waals surface area contributed by atoms with Gasteiger partial charge in [-0.1, -0.05) is 20.8 Å². The molecule has 0 fully saturated rings. The lowest BCUT2D eigenvalue weighted by Crippen LogP contribution is -2.44. The van der Waals surface area contributed by atoms with Crippen LogP contribution in [0.15, 0.2) is 0 Å². The van der Waals surface area contributed by atoms with Gasteiger partial charge in [-0.05, 0) is 11.8 Å². The van der Waals surface area contributed by atoms with Crippen molar-refractivity contribution in [3.8, 4) is 0 Å². The van der Waals surface area contributed by atoms with Gasteiger partial charge in [-0.15, -0.1) is 0 Å². The first-order valence-electron chi connectivity index (χ1n) is 5.68. The molecule has 0 saturated carbocycles. The summed E-state index contributed by atoms with van der Waals surface area (Å²) in [7, 11) is 3.22. The first-order valence-corrected chi connectivity index (χ1v) is 5.68. The van der Waals surface area contributed by atoms with Crippen molar-refractivity contribution in [3.63, 3.8) is 0 Å². The number of carboxylic acids is 1. The monoisotopic (exact) mass is 245 g/mol. The molecule has 0 radical (unpaired) electrons. The highest BCUT2D eigenvalue weighted by Crippen LogP contribution is 2.27. The molecule has 1 N–H and O–H groups in total. The third-order valence-corrected chi connectivity index (χ3v) is 2.58. The molecule has 0 aliphatic rings. The van der Waals surface area contributed by atoms with Crippen LogP contribution in [0.25, 0.3) is 0 Å². The summed E-state index contributed by atoms with van der Waals surface area (Å²) in [6, 6.07) is 0. The fourth-order valence-electron chi connectivity index (χ4n) is 1.62. The SMILES string of the molecule is COCCCN(C)C(=O)C(C(=O)O)C(C)(C)C. The van der Waals surface area contributed by atoms with E-state index in [4.69, 9.17) is 9.84 Å². The van der Waals surface area contributed by atoms with Crippen LogP contribution in [0.5, 0.6) is 0 Å². The van der Waals surface area contributed by atoms with E-state index in [0.717, 1.165) is 0 Å². The Kier molecular flexibility index (Phi) is 6.16. The minimum absolute atomic E-state index is 0.346. The Hall–Kier alpha value is -1.10. The van der Waals surface area contributed by atoms with E-state index in [-0.39, 0.29) is 5.91 Å². The lowest BCUT2D eigenvalue weighted by molar-refractivity contribution is -0.155. The minimum Gasteiger partial charge on any atom is -0.481 e. The van der Waals surface area contributed by atoms with Gasteiger partial charge in [-0.3, -0.25) is 9.59 Å². The summed E-state index contributed by atoms with van der Waals surface area (Å²) in [5.74, 6) is -2.42. The van der Waals surface area contributed by atoms with Gasteiger partial charge in [0.2, 0.25) is 5.91 Å². The highest BCUT2D eigenvalue weighted by atomic mass is 16.5. The van der Waals surface area contributed by atoms with Crippen LogP contribution in [0.2, 0.25) is 0 Å². The molecular formula is C12H23NO4. The summed E-state index contributed by atoms with van der Waals surface area (Å²) < 4.78 is 4.89. The van der Waals surface area contributed by atoms with E-state index in [9.17, 15) is 9.59 Å². The highest BCUT2D eigenvalue weighted by molar-refractivity contribution is 5.97. The number of methoxy groups -OCH3 is 1. The molecule has 0 saturated heterocycles. The zero-order valence-electron chi connectivity index (χ0n) is 11.3. The highest BCUT2D eigenvalue weighted by Gasteiger charge is 2.39. The second kappa shape index (κ2) is 6.59. The second-order valence-electron chi connectivity index (χ2n) is 5.24. The van der Waals surface area contributed by atoms with Crippen molar-refractivity contribution >= 4 is 11.9 Å². The number of carbonyl (C=O) groups excluding carboxylic acids is 1. The third-order valence-electron chi connectivity index (χ3n) is 2.58. The molecule has 0 heterocycles. The Morgan fingerprint density at radius 2 is 1.88 bits per heavy atom. The lowest BCUT2D eigenvalue weighted by atomic mass is 9.80. The number of hydrogen-bond donors (Lipinski definition) is 1. The van der Waals surface area contributed by atoms with Gasteiger partial charge in [0.15, 0.2) is 0 Å². The summed E-state index contributed by atoms with van der Waals surface area (Å²) in [5.41, 5.74) is -0.585. The zero-order chi connectivity index (χ0) is 13.6. The normalized spacial score (nSPS) is 13.2. The van der Waals surface area contributed by atoms with Crippen molar-refractivity contribution in [2.24, 2.45) is 11.3 Å². The molecule has 1 atom stereocenters. The maximum atomic E-state index is 12.0. The van der Waals surface area contributed by atoms with Gasteiger partial charge in [0, 0.05) is 27.3 Å². The first-order chi connectivity index (χ1) is 7.71. The van der Waals surface area contributed by atoms with Crippen molar-refractivity contribution in [2.75, 3.05) is 27.3 Å². The van der Waals surface area contributed by atoms with E-state index in [1.807, 2.05) is 0 Å². The predicted molar refractivity (Wildman–Crippen MR) is 64.7 cm³/mol. The van der Waals surface area contributed by atoms with Crippen molar-refractivity contribution in [1.29, 1.82) is 0 Å². The predicted octanol–water partition coefficient (Wildman–Crippen LogP) is 1.23. The summed E-state index contributed by atoms with van der Waals surface area (Å²) >= 11 is 0. The van der Waals surface area contributed by atoms with E-state index >= 15 is 0 Å². The van der Waals surface area contributed by atoms with Crippen LogP contribution in [-0.4, -0.2) is 49.2 Å². The zero-order valence-corrected chi connectivity index (χ0v) is 11.3. The van der Waals surface area contributed by atoms with Crippen LogP contribution in [-0.2, 0) is 14.3 Å². The molecule has 0 rings (SSSR count). The van der Waals surface area contributed by atoms with Crippen LogP contribution in [0.4, 0.5) is 0 Å². The molecule has 1 unspecified atom stereocenters. The standard InChI is InChI=1S/C12H23NO4/c1-12(2,3)9(11(15)16)10(14)13(4)7-6-8-17-5/h9H,6-8H2,1-5H3,(H,15,16). The Balaban J connectivity index is 4.57. The number of carboxylic acid groups (broad SMARTS) is 1. The fraction of sp³-hybridized carbons (Fsp3) is 0.833. The first kappa shape index (κ1) is 15.9. The van der Waals surface area contributed by atoms with Gasteiger partial charge in [-0.2, -0.15) is 0 Å². The lowest BCUT2D eigenvalue weighted by Gasteiger charge is -2.29. The van der Waals surface area contributed by atoms with E-state index in [1.54, 1.807) is 34.9 Å². The molecule has 0 aromatic heterocycles. The van der Waals surface area contributed by atoms with E-state index in [0.29, 0.717) is 19.6 Å². The number of hydrogen-bond acceptors (Lipinski definition) is 3. The van der Waals surface area contributed by atoms with Crippen molar-refractivity contribution in [1.82, 2.24) is 4.90 Å². The van der Waals surface area contributed by atoms with E-state index in [1.165, 1.54) is 4.90 Å². The minimum atomic E-state index is -1.07. The van der Waals surface area contributed by atoms with E-state index < -0.39 is 17.3 Å². The summed E-state index contributed by atoms with van der Waals surface area (Å²) in [5, 5.41) is 9.13. The quantitative estimate of drug-likeness (QED) is 0.564. The molecule has 5 heteroatoms. The third kappa shape index (κ3) is 5.17. The Morgan fingerprint density at radius 1 is 1.35 bits per heavy atom. The largest absolute Gasteiger partial charge is 0.481 e. The number of carbonyl (C=O) groups is 2. The molecule has 17 heavy (non-hydrogen) atoms. The average Bonchev–Trinajstić information content (AvgIpc) is 2.14. The van der Waals surface area contributed by atoms with Crippen LogP contribution in [0.3, 0.4) is 0 Å². The molecule has 100 valence electrons. The number of aliphatic carboxylic acids is 1. The Morgan fingerprint density at radius 3 is 2.24 bits per heavy atom. The molecule has 0 aliphatic carbocycles. The van der Waals surface area contributed by atoms with Crippen LogP contribution in [0, 0.1) is 11.3 Å². The Bertz CT molecular complexity index is 270. The van der Waals surface area contributed by atoms with Crippen molar-refractivity contribution in [2.45, 2.75) is 27.2 Å². The number of amides is 1. The Labute approximate surface area is 103 Å². The second-order valence-corrected chi connectivity index (χ2v) is 5.24. The van der Waals surface area contributed by atoms with Gasteiger partial charge in [0.05, 0.1) is 0 Å². The molecule has 5 nitrogen and oxygen atoms in total. The van der Waals surface area contributed by atoms with Gasteiger partial charge < -0.3 is 14.7 Å². The van der Waals surface area contributed by atoms with Gasteiger partial charge in [0.1, 0.15) is 5.92 Å². The summed E-state index contributed by atoms with van der Waals surface area (Å²) in [6.07, 6.45) is 0.704. The van der Waals surface area contributed by atoms with Crippen LogP contribution in [0.1, 0.15) is 27.2 Å². The van der Waals surface area contributed by atoms with Crippen molar-refractivity contribution < 1.29 is 19.4 Å². The molecular weight excluding hydrogens is 222 g/mol. The van der Waals surface area contributed by atoms with Crippen LogP contribution < -0.4 is 0 Å². The number of rotatable bonds is 6. The molecule has 0 aromatic rings. The van der Waals surface area contributed by atoms with Gasteiger partial charge >= 0.3 is 5.97 Å². The molecule has 0 aliphatic heterocycles. The van der Waals surface area contributed by atoms with Gasteiger partial charge in [-0.25, -0.2) is 0 Å². The maximum absolute atomic E-state index is 12.0. The topological polar surface area (TPSA) is 66.8 Å². The van der Waals surface area contributed by atoms with Crippen LogP contribution >= 0.6 is 0 Å². The number of nitrogens with zero attached hydrogens (tertiary/aromatic N) is 1. The maximum Gasteiger partial charge on any atom is 0.316 e. The van der Waals surface area contributed by atoms with E-state index in [2.05, 4.69) is 0 Å². The number of ether oxygens (including phenoxy) is 1. The average molecular weight is 245 g/mol. The van der Waals surface area contributed by atoms with Crippen molar-refractivity contribution in [3.05, 3.63) is 0 Å². The van der Waals surface area contributed by atoms with Gasteiger partial charge in [0.25, 0.3) is 0 Å². The summed E-state index contributed by atoms with van der Waals surface area (Å²) in [4.78, 5) is 24.6. The molecule has 1 amide bonds. The fourth-order valence-corrected chi connectivity index (χ4v) is 1.62. The molecule has 0 bridgehead atoms. The summed E-state index contributed by atoms with van der Waals surface area (Å²) in [6.45, 7) is 6.34.